The van der Waals surface area contributed by atoms with Gasteiger partial charge in [-0.05, 0) is 31.6 Å². The number of hydrogen-bond acceptors (Lipinski definition) is 3. The second-order valence-corrected chi connectivity index (χ2v) is 6.04. The molecule has 1 saturated carbocycles. The van der Waals surface area contributed by atoms with Gasteiger partial charge in [0.2, 0.25) is 0 Å². The minimum absolute atomic E-state index is 0. The third-order valence-corrected chi connectivity index (χ3v) is 4.59. The number of aromatic nitrogens is 1. The molecule has 2 unspecified atom stereocenters. The summed E-state index contributed by atoms with van der Waals surface area (Å²) >= 11 is 0. The van der Waals surface area contributed by atoms with E-state index >= 15 is 0 Å². The molecule has 1 saturated heterocycles. The summed E-state index contributed by atoms with van der Waals surface area (Å²) in [5.74, 6) is 3.60. The lowest BCUT2D eigenvalue weighted by Crippen LogP contribution is -2.39. The second-order valence-electron chi connectivity index (χ2n) is 6.04. The molecule has 0 spiro atoms. The Morgan fingerprint density at radius 3 is 2.57 bits per heavy atom. The quantitative estimate of drug-likeness (QED) is 0.468. The number of aliphatic imine (C=N–C) groups is 1. The minimum Gasteiger partial charge on any atom is -0.359 e. The van der Waals surface area contributed by atoms with Gasteiger partial charge in [-0.25, -0.2) is 0 Å². The molecule has 6 heteroatoms. The van der Waals surface area contributed by atoms with Gasteiger partial charge in [0, 0.05) is 26.2 Å². The number of nitrogens with zero attached hydrogens (tertiary/aromatic N) is 3. The summed E-state index contributed by atoms with van der Waals surface area (Å²) in [6, 6.07) is 1.96. The van der Waals surface area contributed by atoms with Gasteiger partial charge in [0.15, 0.2) is 11.7 Å². The number of guanidine groups is 1. The third kappa shape index (κ3) is 3.90. The average molecular weight is 404 g/mol. The van der Waals surface area contributed by atoms with E-state index in [0.717, 1.165) is 42.3 Å². The van der Waals surface area contributed by atoms with Gasteiger partial charge in [0.25, 0.3) is 0 Å². The molecule has 2 heterocycles. The summed E-state index contributed by atoms with van der Waals surface area (Å²) in [5, 5.41) is 7.30. The maximum atomic E-state index is 5.23. The zero-order chi connectivity index (χ0) is 13.9. The largest absolute Gasteiger partial charge is 0.359 e. The molecule has 21 heavy (non-hydrogen) atoms. The molecule has 0 bridgehead atoms. The molecule has 0 radical (unpaired) electrons. The van der Waals surface area contributed by atoms with Gasteiger partial charge < -0.3 is 14.7 Å². The fourth-order valence-electron chi connectivity index (χ4n) is 3.58. The summed E-state index contributed by atoms with van der Waals surface area (Å²) < 4.78 is 5.23. The van der Waals surface area contributed by atoms with Crippen LogP contribution < -0.4 is 5.32 Å². The van der Waals surface area contributed by atoms with Gasteiger partial charge in [-0.2, -0.15) is 0 Å². The van der Waals surface area contributed by atoms with Crippen LogP contribution in [-0.4, -0.2) is 36.2 Å². The Labute approximate surface area is 143 Å². The predicted octanol–water partition coefficient (Wildman–Crippen LogP) is 2.80. The van der Waals surface area contributed by atoms with Crippen LogP contribution >= 0.6 is 24.0 Å². The van der Waals surface area contributed by atoms with Crippen molar-refractivity contribution in [3.63, 3.8) is 0 Å². The first-order chi connectivity index (χ1) is 9.76. The Morgan fingerprint density at radius 2 is 2.05 bits per heavy atom. The number of halogens is 1. The molecule has 5 nitrogen and oxygen atoms in total. The Hall–Kier alpha value is -0.790. The summed E-state index contributed by atoms with van der Waals surface area (Å²) in [6.45, 7) is 4.89. The first-order valence-corrected chi connectivity index (χ1v) is 7.64. The van der Waals surface area contributed by atoms with Crippen LogP contribution in [0.5, 0.6) is 0 Å². The summed E-state index contributed by atoms with van der Waals surface area (Å²) in [6.07, 6.45) is 5.58. The van der Waals surface area contributed by atoms with Crippen molar-refractivity contribution in [1.29, 1.82) is 0 Å². The zero-order valence-electron chi connectivity index (χ0n) is 12.8. The monoisotopic (exact) mass is 404 g/mol. The Bertz CT molecular complexity index is 474. The third-order valence-electron chi connectivity index (χ3n) is 4.59. The molecule has 3 rings (SSSR count). The molecule has 2 aliphatic rings. The predicted molar refractivity (Wildman–Crippen MR) is 93.9 cm³/mol. The maximum Gasteiger partial charge on any atom is 0.194 e. The van der Waals surface area contributed by atoms with Gasteiger partial charge in [-0.3, -0.25) is 4.99 Å². The molecule has 2 atom stereocenters. The molecule has 0 aromatic carbocycles. The van der Waals surface area contributed by atoms with Crippen molar-refractivity contribution in [3.05, 3.63) is 17.5 Å². The van der Waals surface area contributed by atoms with Crippen LogP contribution in [0.3, 0.4) is 0 Å². The van der Waals surface area contributed by atoms with Gasteiger partial charge in [-0.1, -0.05) is 18.0 Å². The lowest BCUT2D eigenvalue weighted by Gasteiger charge is -2.22. The SMILES string of the molecule is CN=C(NCc1cc(C)no1)N1CC2CCCCC2C1.I. The lowest BCUT2D eigenvalue weighted by molar-refractivity contribution is 0.299. The van der Waals surface area contributed by atoms with E-state index in [-0.39, 0.29) is 24.0 Å². The van der Waals surface area contributed by atoms with Gasteiger partial charge >= 0.3 is 0 Å². The lowest BCUT2D eigenvalue weighted by atomic mass is 9.82. The van der Waals surface area contributed by atoms with Gasteiger partial charge in [-0.15, -0.1) is 24.0 Å². The summed E-state index contributed by atoms with van der Waals surface area (Å²) in [4.78, 5) is 6.83. The van der Waals surface area contributed by atoms with Crippen molar-refractivity contribution in [2.45, 2.75) is 39.2 Å². The van der Waals surface area contributed by atoms with E-state index in [4.69, 9.17) is 4.52 Å². The van der Waals surface area contributed by atoms with Gasteiger partial charge in [0.05, 0.1) is 12.2 Å². The number of fused-ring (bicyclic) bond motifs is 1. The highest BCUT2D eigenvalue weighted by molar-refractivity contribution is 14.0. The molecule has 118 valence electrons. The number of likely N-dealkylation sites (tertiary alicyclic amines) is 1. The smallest absolute Gasteiger partial charge is 0.194 e. The first kappa shape index (κ1) is 16.6. The van der Waals surface area contributed by atoms with E-state index in [1.165, 1.54) is 25.7 Å². The van der Waals surface area contributed by atoms with E-state index in [2.05, 4.69) is 20.4 Å². The number of rotatable bonds is 2. The molecular weight excluding hydrogens is 379 g/mol. The molecule has 1 aromatic heterocycles. The van der Waals surface area contributed by atoms with E-state index < -0.39 is 0 Å². The van der Waals surface area contributed by atoms with E-state index in [1.807, 2.05) is 20.0 Å². The molecule has 1 aliphatic heterocycles. The normalized spacial score (nSPS) is 25.4. The van der Waals surface area contributed by atoms with Crippen molar-refractivity contribution in [2.24, 2.45) is 16.8 Å². The molecule has 1 aromatic rings. The Morgan fingerprint density at radius 1 is 1.38 bits per heavy atom. The molecule has 2 fully saturated rings. The summed E-state index contributed by atoms with van der Waals surface area (Å²) in [7, 11) is 1.86. The Kier molecular flexibility index (Phi) is 5.89. The van der Waals surface area contributed by atoms with Crippen LogP contribution in [-0.2, 0) is 6.54 Å². The highest BCUT2D eigenvalue weighted by atomic mass is 127. The molecule has 1 N–H and O–H groups in total. The van der Waals surface area contributed by atoms with Crippen molar-refractivity contribution in [2.75, 3.05) is 20.1 Å². The van der Waals surface area contributed by atoms with Crippen LogP contribution in [0, 0.1) is 18.8 Å². The minimum atomic E-state index is 0. The van der Waals surface area contributed by atoms with Gasteiger partial charge in [0.1, 0.15) is 0 Å². The maximum absolute atomic E-state index is 5.23. The van der Waals surface area contributed by atoms with Crippen LogP contribution in [0.1, 0.15) is 37.1 Å². The Balaban J connectivity index is 0.00000161. The van der Waals surface area contributed by atoms with E-state index in [0.29, 0.717) is 6.54 Å². The van der Waals surface area contributed by atoms with E-state index in [9.17, 15) is 0 Å². The van der Waals surface area contributed by atoms with Crippen molar-refractivity contribution < 1.29 is 4.52 Å². The molecular formula is C15H25IN4O. The number of hydrogen-bond donors (Lipinski definition) is 1. The standard InChI is InChI=1S/C15H24N4O.HI/c1-11-7-14(20-18-11)8-17-15(16-2)19-9-12-5-3-4-6-13(12)10-19;/h7,12-13H,3-6,8-10H2,1-2H3,(H,16,17);1H. The van der Waals surface area contributed by atoms with Crippen LogP contribution in [0.25, 0.3) is 0 Å². The second kappa shape index (κ2) is 7.47. The van der Waals surface area contributed by atoms with Crippen LogP contribution in [0.15, 0.2) is 15.6 Å². The van der Waals surface area contributed by atoms with E-state index in [1.54, 1.807) is 0 Å². The van der Waals surface area contributed by atoms with Crippen molar-refractivity contribution in [1.82, 2.24) is 15.4 Å². The van der Waals surface area contributed by atoms with Crippen molar-refractivity contribution in [3.8, 4) is 0 Å². The molecule has 0 amide bonds. The molecule has 1 aliphatic carbocycles. The number of nitrogens with one attached hydrogen (secondary N) is 1. The fourth-order valence-corrected chi connectivity index (χ4v) is 3.58. The highest BCUT2D eigenvalue weighted by Crippen LogP contribution is 2.35. The highest BCUT2D eigenvalue weighted by Gasteiger charge is 2.35. The zero-order valence-corrected chi connectivity index (χ0v) is 15.2. The average Bonchev–Trinajstić information content (AvgIpc) is 3.05. The van der Waals surface area contributed by atoms with Crippen molar-refractivity contribution >= 4 is 29.9 Å². The fraction of sp³-hybridized carbons (Fsp3) is 0.733. The number of aryl methyl sites for hydroxylation is 1. The summed E-state index contributed by atoms with van der Waals surface area (Å²) in [5.41, 5.74) is 0.920. The van der Waals surface area contributed by atoms with Crippen LogP contribution in [0.2, 0.25) is 0 Å². The first-order valence-electron chi connectivity index (χ1n) is 7.64. The van der Waals surface area contributed by atoms with Crippen LogP contribution in [0.4, 0.5) is 0 Å². The topological polar surface area (TPSA) is 53.7 Å².